The monoisotopic (exact) mass is 368 g/mol. The van der Waals surface area contributed by atoms with Crippen LogP contribution in [0.15, 0.2) is 29.1 Å². The number of H-pyrrole nitrogens is 1. The van der Waals surface area contributed by atoms with Crippen molar-refractivity contribution in [3.8, 4) is 0 Å². The molecule has 0 radical (unpaired) electrons. The summed E-state index contributed by atoms with van der Waals surface area (Å²) >= 11 is 2.08. The highest BCUT2D eigenvalue weighted by atomic mass is 127. The summed E-state index contributed by atoms with van der Waals surface area (Å²) in [7, 11) is 0. The Morgan fingerprint density at radius 2 is 2.05 bits per heavy atom. The quantitative estimate of drug-likeness (QED) is 0.843. The molecule has 0 spiro atoms. The molecule has 0 saturated heterocycles. The van der Waals surface area contributed by atoms with Gasteiger partial charge in [-0.1, -0.05) is 37.6 Å². The maximum absolute atomic E-state index is 11.9. The lowest BCUT2D eigenvalue weighted by Gasteiger charge is -2.08. The largest absolute Gasteiger partial charge is 0.309 e. The second-order valence-electron chi connectivity index (χ2n) is 4.63. The van der Waals surface area contributed by atoms with Gasteiger partial charge in [0.05, 0.1) is 9.26 Å². The summed E-state index contributed by atoms with van der Waals surface area (Å²) in [4.78, 5) is 19.4. The fraction of sp³-hybridized carbons (Fsp3) is 0.333. The molecule has 0 unspecified atom stereocenters. The third kappa shape index (κ3) is 3.43. The molecule has 0 amide bonds. The average molecular weight is 368 g/mol. The van der Waals surface area contributed by atoms with Crippen molar-refractivity contribution in [3.63, 3.8) is 0 Å². The number of benzene rings is 1. The van der Waals surface area contributed by atoms with Crippen LogP contribution in [0.3, 0.4) is 0 Å². The molecule has 0 aliphatic rings. The molecule has 0 fully saturated rings. The molecule has 1 N–H and O–H groups in total. The van der Waals surface area contributed by atoms with Crippen molar-refractivity contribution in [2.75, 3.05) is 0 Å². The van der Waals surface area contributed by atoms with E-state index in [2.05, 4.69) is 58.5 Å². The van der Waals surface area contributed by atoms with E-state index in [1.165, 1.54) is 11.1 Å². The van der Waals surface area contributed by atoms with Crippen molar-refractivity contribution >= 4 is 22.6 Å². The number of halogens is 1. The van der Waals surface area contributed by atoms with Gasteiger partial charge in [-0.15, -0.1) is 0 Å². The number of aryl methyl sites for hydroxylation is 2. The second kappa shape index (κ2) is 6.32. The predicted molar refractivity (Wildman–Crippen MR) is 85.6 cm³/mol. The number of aromatic amines is 1. The van der Waals surface area contributed by atoms with E-state index < -0.39 is 0 Å². The SMILES string of the molecule is CCCc1nc(Cc2ccccc2C)[nH]c(=O)c1I. The van der Waals surface area contributed by atoms with Gasteiger partial charge in [-0.3, -0.25) is 4.79 Å². The lowest BCUT2D eigenvalue weighted by atomic mass is 10.1. The molecular formula is C15H17IN2O. The van der Waals surface area contributed by atoms with E-state index >= 15 is 0 Å². The predicted octanol–water partition coefficient (Wildman–Crippen LogP) is 3.23. The minimum Gasteiger partial charge on any atom is -0.309 e. The first-order valence-corrected chi connectivity index (χ1v) is 7.51. The molecule has 0 atom stereocenters. The Balaban J connectivity index is 2.36. The van der Waals surface area contributed by atoms with Crippen LogP contribution in [-0.2, 0) is 12.8 Å². The molecule has 0 aliphatic carbocycles. The highest BCUT2D eigenvalue weighted by molar-refractivity contribution is 14.1. The molecule has 0 bridgehead atoms. The molecule has 2 rings (SSSR count). The van der Waals surface area contributed by atoms with Gasteiger partial charge >= 0.3 is 0 Å². The Morgan fingerprint density at radius 1 is 1.32 bits per heavy atom. The fourth-order valence-corrected chi connectivity index (χ4v) is 2.56. The topological polar surface area (TPSA) is 45.8 Å². The summed E-state index contributed by atoms with van der Waals surface area (Å²) < 4.78 is 0.716. The molecular weight excluding hydrogens is 351 g/mol. The van der Waals surface area contributed by atoms with Crippen LogP contribution in [0.4, 0.5) is 0 Å². The van der Waals surface area contributed by atoms with Gasteiger partial charge in [0.2, 0.25) is 0 Å². The third-order valence-electron chi connectivity index (χ3n) is 3.09. The number of aromatic nitrogens is 2. The second-order valence-corrected chi connectivity index (χ2v) is 5.71. The summed E-state index contributed by atoms with van der Waals surface area (Å²) in [6.45, 7) is 4.17. The highest BCUT2D eigenvalue weighted by Crippen LogP contribution is 2.12. The van der Waals surface area contributed by atoms with Gasteiger partial charge in [-0.25, -0.2) is 4.98 Å². The van der Waals surface area contributed by atoms with Crippen molar-refractivity contribution in [1.29, 1.82) is 0 Å². The van der Waals surface area contributed by atoms with E-state index in [1.807, 2.05) is 12.1 Å². The zero-order valence-electron chi connectivity index (χ0n) is 11.2. The minimum absolute atomic E-state index is 0.0253. The maximum Gasteiger partial charge on any atom is 0.264 e. The molecule has 0 saturated carbocycles. The summed E-state index contributed by atoms with van der Waals surface area (Å²) in [5.41, 5.74) is 3.31. The van der Waals surface area contributed by atoms with Crippen molar-refractivity contribution in [1.82, 2.24) is 9.97 Å². The third-order valence-corrected chi connectivity index (χ3v) is 4.20. The number of rotatable bonds is 4. The first-order valence-electron chi connectivity index (χ1n) is 6.44. The Kier molecular flexibility index (Phi) is 4.74. The first kappa shape index (κ1) is 14.2. The van der Waals surface area contributed by atoms with Gasteiger partial charge in [-0.2, -0.15) is 0 Å². The average Bonchev–Trinajstić information content (AvgIpc) is 2.38. The Labute approximate surface area is 126 Å². The molecule has 0 aliphatic heterocycles. The van der Waals surface area contributed by atoms with Crippen molar-refractivity contribution in [2.24, 2.45) is 0 Å². The molecule has 2 aromatic rings. The van der Waals surface area contributed by atoms with Gasteiger partial charge in [0.25, 0.3) is 5.56 Å². The lowest BCUT2D eigenvalue weighted by molar-refractivity contribution is 0.821. The van der Waals surface area contributed by atoms with E-state index in [0.29, 0.717) is 9.99 Å². The van der Waals surface area contributed by atoms with Gasteiger partial charge in [-0.05, 0) is 47.1 Å². The van der Waals surface area contributed by atoms with E-state index in [0.717, 1.165) is 24.4 Å². The number of hydrogen-bond acceptors (Lipinski definition) is 2. The van der Waals surface area contributed by atoms with E-state index in [1.54, 1.807) is 0 Å². The maximum atomic E-state index is 11.9. The van der Waals surface area contributed by atoms with E-state index in [9.17, 15) is 4.79 Å². The Morgan fingerprint density at radius 3 is 2.74 bits per heavy atom. The Bertz CT molecular complexity index is 634. The van der Waals surface area contributed by atoms with Crippen LogP contribution in [0.5, 0.6) is 0 Å². The van der Waals surface area contributed by atoms with E-state index in [4.69, 9.17) is 0 Å². The molecule has 1 heterocycles. The fourth-order valence-electron chi connectivity index (χ4n) is 2.03. The van der Waals surface area contributed by atoms with Gasteiger partial charge in [0.1, 0.15) is 5.82 Å². The van der Waals surface area contributed by atoms with Gasteiger partial charge in [0.15, 0.2) is 0 Å². The summed E-state index contributed by atoms with van der Waals surface area (Å²) in [5, 5.41) is 0. The first-order chi connectivity index (χ1) is 9.11. The molecule has 3 nitrogen and oxygen atoms in total. The van der Waals surface area contributed by atoms with Crippen LogP contribution in [-0.4, -0.2) is 9.97 Å². The number of nitrogens with one attached hydrogen (secondary N) is 1. The lowest BCUT2D eigenvalue weighted by Crippen LogP contribution is -2.18. The smallest absolute Gasteiger partial charge is 0.264 e. The van der Waals surface area contributed by atoms with E-state index in [-0.39, 0.29) is 5.56 Å². The molecule has 1 aromatic carbocycles. The zero-order chi connectivity index (χ0) is 13.8. The number of hydrogen-bond donors (Lipinski definition) is 1. The highest BCUT2D eigenvalue weighted by Gasteiger charge is 2.09. The van der Waals surface area contributed by atoms with Crippen molar-refractivity contribution < 1.29 is 0 Å². The summed E-state index contributed by atoms with van der Waals surface area (Å²) in [6.07, 6.45) is 2.52. The molecule has 19 heavy (non-hydrogen) atoms. The molecule has 1 aromatic heterocycles. The van der Waals surface area contributed by atoms with Crippen LogP contribution < -0.4 is 5.56 Å². The van der Waals surface area contributed by atoms with Crippen LogP contribution >= 0.6 is 22.6 Å². The van der Waals surface area contributed by atoms with Crippen LogP contribution in [0.2, 0.25) is 0 Å². The van der Waals surface area contributed by atoms with Crippen molar-refractivity contribution in [3.05, 3.63) is 60.8 Å². The normalized spacial score (nSPS) is 10.7. The number of nitrogens with zero attached hydrogens (tertiary/aromatic N) is 1. The Hall–Kier alpha value is -1.17. The van der Waals surface area contributed by atoms with Gasteiger partial charge < -0.3 is 4.98 Å². The molecule has 4 heteroatoms. The van der Waals surface area contributed by atoms with Crippen LogP contribution in [0.1, 0.15) is 36.0 Å². The minimum atomic E-state index is -0.0253. The molecule has 100 valence electrons. The standard InChI is InChI=1S/C15H17IN2O/c1-3-6-12-14(16)15(19)18-13(17-12)9-11-8-5-4-7-10(11)2/h4-5,7-8H,3,6,9H2,1-2H3,(H,17,18,19). The van der Waals surface area contributed by atoms with Crippen LogP contribution in [0, 0.1) is 10.5 Å². The summed E-state index contributed by atoms with van der Waals surface area (Å²) in [6, 6.07) is 8.19. The van der Waals surface area contributed by atoms with Gasteiger partial charge in [0, 0.05) is 6.42 Å². The van der Waals surface area contributed by atoms with Crippen LogP contribution in [0.25, 0.3) is 0 Å². The van der Waals surface area contributed by atoms with Crippen molar-refractivity contribution in [2.45, 2.75) is 33.1 Å². The zero-order valence-corrected chi connectivity index (χ0v) is 13.3. The summed E-state index contributed by atoms with van der Waals surface area (Å²) in [5.74, 6) is 0.753.